The van der Waals surface area contributed by atoms with Crippen molar-refractivity contribution < 1.29 is 4.79 Å². The van der Waals surface area contributed by atoms with E-state index in [4.69, 9.17) is 5.73 Å². The van der Waals surface area contributed by atoms with Gasteiger partial charge in [0.25, 0.3) is 0 Å². The highest BCUT2D eigenvalue weighted by atomic mass is 16.2. The summed E-state index contributed by atoms with van der Waals surface area (Å²) < 4.78 is 3.60. The maximum atomic E-state index is 12.8. The molecule has 1 amide bonds. The lowest BCUT2D eigenvalue weighted by Gasteiger charge is -2.23. The minimum Gasteiger partial charge on any atom is -0.366 e. The first-order valence-corrected chi connectivity index (χ1v) is 8.89. The molecular weight excluding hydrogens is 328 g/mol. The second-order valence-electron chi connectivity index (χ2n) is 6.81. The number of amides is 1. The molecule has 1 aliphatic rings. The number of fused-ring (bicyclic) bond motifs is 1. The molecule has 4 rings (SSSR count). The van der Waals surface area contributed by atoms with Gasteiger partial charge in [-0.1, -0.05) is 24.3 Å². The fourth-order valence-electron chi connectivity index (χ4n) is 3.90. The maximum absolute atomic E-state index is 12.8. The molecule has 0 aliphatic carbocycles. The smallest absolute Gasteiger partial charge is 0.329 e. The number of piperidine rings is 1. The number of nitrogens with one attached hydrogen (secondary N) is 1. The molecule has 134 valence electrons. The third-order valence-corrected chi connectivity index (χ3v) is 5.27. The van der Waals surface area contributed by atoms with Gasteiger partial charge in [-0.25, -0.2) is 4.79 Å². The molecule has 26 heavy (non-hydrogen) atoms. The minimum absolute atomic E-state index is 0.00670. The third kappa shape index (κ3) is 2.63. The zero-order chi connectivity index (χ0) is 18.3. The predicted molar refractivity (Wildman–Crippen MR) is 102 cm³/mol. The summed E-state index contributed by atoms with van der Waals surface area (Å²) in [5.41, 5.74) is 9.47. The molecule has 0 unspecified atom stereocenters. The van der Waals surface area contributed by atoms with Crippen molar-refractivity contribution in [2.75, 3.05) is 13.1 Å². The number of hydrogen-bond acceptors (Lipinski definition) is 3. The van der Waals surface area contributed by atoms with Crippen LogP contribution < -0.4 is 16.7 Å². The van der Waals surface area contributed by atoms with E-state index in [2.05, 4.69) is 5.32 Å². The van der Waals surface area contributed by atoms with Gasteiger partial charge >= 0.3 is 5.69 Å². The monoisotopic (exact) mass is 350 g/mol. The standard InChI is InChI=1S/C20H22N4O2/c1-23-18-12-13(15-4-2-3-5-16(15)19(21)25)6-7-17(18)24(20(23)26)14-8-10-22-11-9-14/h2-7,12,14,22H,8-11H2,1H3,(H2,21,25). The summed E-state index contributed by atoms with van der Waals surface area (Å²) in [6, 6.07) is 13.4. The largest absolute Gasteiger partial charge is 0.366 e. The first-order chi connectivity index (χ1) is 12.6. The first-order valence-electron chi connectivity index (χ1n) is 8.89. The lowest BCUT2D eigenvalue weighted by atomic mass is 9.98. The number of aromatic nitrogens is 2. The van der Waals surface area contributed by atoms with E-state index in [1.807, 2.05) is 34.9 Å². The van der Waals surface area contributed by atoms with Gasteiger partial charge in [0.1, 0.15) is 0 Å². The van der Waals surface area contributed by atoms with Gasteiger partial charge in [-0.2, -0.15) is 0 Å². The van der Waals surface area contributed by atoms with E-state index in [9.17, 15) is 9.59 Å². The Hall–Kier alpha value is -2.86. The second kappa shape index (κ2) is 6.46. The number of nitrogens with two attached hydrogens (primary N) is 1. The van der Waals surface area contributed by atoms with Gasteiger partial charge in [-0.05, 0) is 55.3 Å². The molecule has 1 saturated heterocycles. The average molecular weight is 350 g/mol. The van der Waals surface area contributed by atoms with Crippen LogP contribution in [0.5, 0.6) is 0 Å². The Morgan fingerprint density at radius 3 is 2.58 bits per heavy atom. The molecule has 1 aliphatic heterocycles. The number of imidazole rings is 1. The molecule has 0 bridgehead atoms. The summed E-state index contributed by atoms with van der Waals surface area (Å²) in [5.74, 6) is -0.457. The van der Waals surface area contributed by atoms with E-state index in [1.54, 1.807) is 23.7 Å². The van der Waals surface area contributed by atoms with Crippen LogP contribution in [0.3, 0.4) is 0 Å². The summed E-state index contributed by atoms with van der Waals surface area (Å²) in [6.45, 7) is 1.86. The van der Waals surface area contributed by atoms with Gasteiger partial charge < -0.3 is 11.1 Å². The van der Waals surface area contributed by atoms with Gasteiger partial charge in [0.2, 0.25) is 5.91 Å². The van der Waals surface area contributed by atoms with Crippen LogP contribution in [0.25, 0.3) is 22.2 Å². The Morgan fingerprint density at radius 1 is 1.12 bits per heavy atom. The zero-order valence-corrected chi connectivity index (χ0v) is 14.7. The number of carbonyl (C=O) groups excluding carboxylic acids is 1. The molecule has 2 aromatic carbocycles. The van der Waals surface area contributed by atoms with Crippen molar-refractivity contribution in [1.82, 2.24) is 14.5 Å². The molecule has 3 aromatic rings. The maximum Gasteiger partial charge on any atom is 0.329 e. The van der Waals surface area contributed by atoms with Crippen LogP contribution in [0.2, 0.25) is 0 Å². The fourth-order valence-corrected chi connectivity index (χ4v) is 3.90. The van der Waals surface area contributed by atoms with Crippen LogP contribution in [-0.4, -0.2) is 28.1 Å². The SMILES string of the molecule is Cn1c(=O)n(C2CCNCC2)c2ccc(-c3ccccc3C(N)=O)cc21. The van der Waals surface area contributed by atoms with Crippen molar-refractivity contribution in [2.24, 2.45) is 12.8 Å². The normalized spacial score (nSPS) is 15.4. The van der Waals surface area contributed by atoms with Gasteiger partial charge in [0, 0.05) is 18.7 Å². The van der Waals surface area contributed by atoms with Crippen molar-refractivity contribution in [3.8, 4) is 11.1 Å². The molecule has 6 heteroatoms. The molecular formula is C20H22N4O2. The molecule has 1 aromatic heterocycles. The van der Waals surface area contributed by atoms with Gasteiger partial charge in [-0.15, -0.1) is 0 Å². The predicted octanol–water partition coefficient (Wildman–Crippen LogP) is 2.03. The minimum atomic E-state index is -0.457. The quantitative estimate of drug-likeness (QED) is 0.758. The second-order valence-corrected chi connectivity index (χ2v) is 6.81. The molecule has 0 radical (unpaired) electrons. The molecule has 0 saturated carbocycles. The van der Waals surface area contributed by atoms with Crippen LogP contribution in [0.15, 0.2) is 47.3 Å². The van der Waals surface area contributed by atoms with E-state index < -0.39 is 5.91 Å². The molecule has 0 atom stereocenters. The van der Waals surface area contributed by atoms with E-state index in [0.717, 1.165) is 48.1 Å². The van der Waals surface area contributed by atoms with E-state index >= 15 is 0 Å². The molecule has 3 N–H and O–H groups in total. The molecule has 1 fully saturated rings. The van der Waals surface area contributed by atoms with E-state index in [0.29, 0.717) is 5.56 Å². The summed E-state index contributed by atoms with van der Waals surface area (Å²) in [6.07, 6.45) is 1.90. The first kappa shape index (κ1) is 16.6. The number of hydrogen-bond donors (Lipinski definition) is 2. The van der Waals surface area contributed by atoms with Crippen molar-refractivity contribution in [1.29, 1.82) is 0 Å². The Bertz CT molecular complexity index is 1040. The topological polar surface area (TPSA) is 82.1 Å². The van der Waals surface area contributed by atoms with Crippen molar-refractivity contribution in [2.45, 2.75) is 18.9 Å². The summed E-state index contributed by atoms with van der Waals surface area (Å²) in [4.78, 5) is 24.6. The molecule has 0 spiro atoms. The third-order valence-electron chi connectivity index (χ3n) is 5.27. The zero-order valence-electron chi connectivity index (χ0n) is 14.7. The highest BCUT2D eigenvalue weighted by Gasteiger charge is 2.21. The van der Waals surface area contributed by atoms with Crippen molar-refractivity contribution in [3.05, 3.63) is 58.5 Å². The lowest BCUT2D eigenvalue weighted by molar-refractivity contribution is 0.100. The fraction of sp³-hybridized carbons (Fsp3) is 0.300. The highest BCUT2D eigenvalue weighted by molar-refractivity contribution is 6.00. The van der Waals surface area contributed by atoms with Gasteiger partial charge in [-0.3, -0.25) is 13.9 Å². The van der Waals surface area contributed by atoms with Crippen molar-refractivity contribution in [3.63, 3.8) is 0 Å². The Balaban J connectivity index is 1.88. The highest BCUT2D eigenvalue weighted by Crippen LogP contribution is 2.29. The average Bonchev–Trinajstić information content (AvgIpc) is 2.92. The van der Waals surface area contributed by atoms with E-state index in [-0.39, 0.29) is 11.7 Å². The Morgan fingerprint density at radius 2 is 1.85 bits per heavy atom. The van der Waals surface area contributed by atoms with Crippen LogP contribution in [-0.2, 0) is 7.05 Å². The van der Waals surface area contributed by atoms with Crippen molar-refractivity contribution >= 4 is 16.9 Å². The number of benzene rings is 2. The summed E-state index contributed by atoms with van der Waals surface area (Å²) in [7, 11) is 1.80. The number of aryl methyl sites for hydroxylation is 1. The van der Waals surface area contributed by atoms with Crippen LogP contribution in [0.4, 0.5) is 0 Å². The number of primary amides is 1. The Labute approximate surface area is 151 Å². The molecule has 2 heterocycles. The molecule has 6 nitrogen and oxygen atoms in total. The van der Waals surface area contributed by atoms with Gasteiger partial charge in [0.05, 0.1) is 11.0 Å². The van der Waals surface area contributed by atoms with Crippen LogP contribution >= 0.6 is 0 Å². The van der Waals surface area contributed by atoms with Crippen LogP contribution in [0.1, 0.15) is 29.2 Å². The summed E-state index contributed by atoms with van der Waals surface area (Å²) >= 11 is 0. The van der Waals surface area contributed by atoms with Gasteiger partial charge in [0.15, 0.2) is 0 Å². The number of rotatable bonds is 3. The number of carbonyl (C=O) groups is 1. The Kier molecular flexibility index (Phi) is 4.12. The van der Waals surface area contributed by atoms with Crippen LogP contribution in [0, 0.1) is 0 Å². The van der Waals surface area contributed by atoms with E-state index in [1.165, 1.54) is 0 Å². The summed E-state index contributed by atoms with van der Waals surface area (Å²) in [5, 5.41) is 3.34. The lowest BCUT2D eigenvalue weighted by Crippen LogP contribution is -2.34. The number of nitrogens with zero attached hydrogens (tertiary/aromatic N) is 2.